The molecule has 0 aliphatic rings. The predicted molar refractivity (Wildman–Crippen MR) is 68.4 cm³/mol. The van der Waals surface area contributed by atoms with Crippen LogP contribution in [0.25, 0.3) is 11.4 Å². The molecule has 6 nitrogen and oxygen atoms in total. The lowest BCUT2D eigenvalue weighted by molar-refractivity contribution is 0.182. The Morgan fingerprint density at radius 3 is 2.72 bits per heavy atom. The minimum absolute atomic E-state index is 0.239. The van der Waals surface area contributed by atoms with Crippen LogP contribution in [0.2, 0.25) is 0 Å². The summed E-state index contributed by atoms with van der Waals surface area (Å²) in [5.74, 6) is 0.702. The van der Waals surface area contributed by atoms with Gasteiger partial charge in [0, 0.05) is 25.1 Å². The Morgan fingerprint density at radius 2 is 2.11 bits per heavy atom. The molecular weight excluding hydrogens is 252 g/mol. The zero-order chi connectivity index (χ0) is 13.0. The zero-order valence-electron chi connectivity index (χ0n) is 9.98. The lowest BCUT2D eigenvalue weighted by Gasteiger charge is -2.05. The van der Waals surface area contributed by atoms with E-state index in [1.165, 1.54) is 4.68 Å². The molecule has 7 heteroatoms. The van der Waals surface area contributed by atoms with Gasteiger partial charge < -0.3 is 9.84 Å². The normalized spacial score (nSPS) is 10.8. The van der Waals surface area contributed by atoms with Gasteiger partial charge in [0.25, 0.3) is 0 Å². The van der Waals surface area contributed by atoms with Gasteiger partial charge in [-0.25, -0.2) is 4.68 Å². The Labute approximate surface area is 109 Å². The summed E-state index contributed by atoms with van der Waals surface area (Å²) in [7, 11) is 1.63. The molecule has 0 radical (unpaired) electrons. The van der Waals surface area contributed by atoms with Crippen LogP contribution in [-0.4, -0.2) is 38.2 Å². The number of aliphatic hydroxyl groups excluding tert-OH is 1. The van der Waals surface area contributed by atoms with Crippen LogP contribution < -0.4 is 0 Å². The molecule has 0 amide bonds. The van der Waals surface area contributed by atoms with Crippen LogP contribution >= 0.6 is 12.2 Å². The van der Waals surface area contributed by atoms with Crippen molar-refractivity contribution in [3.05, 3.63) is 29.3 Å². The molecule has 2 rings (SSSR count). The summed E-state index contributed by atoms with van der Waals surface area (Å²) in [6.07, 6.45) is 3.38. The van der Waals surface area contributed by atoms with Crippen LogP contribution in [0.1, 0.15) is 0 Å². The molecular formula is C11H14N4O2S. The maximum atomic E-state index is 9.21. The van der Waals surface area contributed by atoms with Gasteiger partial charge in [0.05, 0.1) is 13.2 Å². The Kier molecular flexibility index (Phi) is 4.19. The van der Waals surface area contributed by atoms with Gasteiger partial charge >= 0.3 is 0 Å². The molecule has 0 bridgehead atoms. The molecule has 0 fully saturated rings. The highest BCUT2D eigenvalue weighted by Crippen LogP contribution is 2.17. The standard InChI is InChI=1S/C11H14N4O2S/c1-17-7-6-14-10(9-2-4-12-5-3-9)13-15(8-16)11(14)18/h2-5,16H,6-8H2,1H3. The lowest BCUT2D eigenvalue weighted by Crippen LogP contribution is -2.07. The first-order valence-corrected chi connectivity index (χ1v) is 5.86. The summed E-state index contributed by atoms with van der Waals surface area (Å²) in [5, 5.41) is 13.5. The second-order valence-electron chi connectivity index (χ2n) is 3.63. The van der Waals surface area contributed by atoms with E-state index in [-0.39, 0.29) is 6.73 Å². The van der Waals surface area contributed by atoms with Crippen molar-refractivity contribution in [2.24, 2.45) is 0 Å². The molecule has 2 aromatic heterocycles. The summed E-state index contributed by atoms with van der Waals surface area (Å²) < 4.78 is 8.74. The minimum Gasteiger partial charge on any atom is -0.383 e. The molecule has 0 aliphatic carbocycles. The first-order valence-electron chi connectivity index (χ1n) is 5.45. The quantitative estimate of drug-likeness (QED) is 0.820. The van der Waals surface area contributed by atoms with Crippen LogP contribution in [0.4, 0.5) is 0 Å². The van der Waals surface area contributed by atoms with Crippen LogP contribution in [0.15, 0.2) is 24.5 Å². The maximum Gasteiger partial charge on any atom is 0.200 e. The minimum atomic E-state index is -0.239. The van der Waals surface area contributed by atoms with Crippen molar-refractivity contribution < 1.29 is 9.84 Å². The molecule has 0 spiro atoms. The number of methoxy groups -OCH3 is 1. The topological polar surface area (TPSA) is 65.1 Å². The summed E-state index contributed by atoms with van der Waals surface area (Å²) in [6.45, 7) is 0.882. The molecule has 0 atom stereocenters. The highest BCUT2D eigenvalue weighted by molar-refractivity contribution is 7.71. The van der Waals surface area contributed by atoms with Crippen molar-refractivity contribution in [3.8, 4) is 11.4 Å². The molecule has 96 valence electrons. The van der Waals surface area contributed by atoms with Crippen LogP contribution in [0.5, 0.6) is 0 Å². The number of aromatic nitrogens is 4. The van der Waals surface area contributed by atoms with Crippen molar-refractivity contribution >= 4 is 12.2 Å². The highest BCUT2D eigenvalue weighted by Gasteiger charge is 2.11. The predicted octanol–water partition coefficient (Wildman–Crippen LogP) is 1.07. The number of aliphatic hydroxyl groups is 1. The van der Waals surface area contributed by atoms with E-state index >= 15 is 0 Å². The first-order chi connectivity index (χ1) is 8.77. The van der Waals surface area contributed by atoms with Gasteiger partial charge in [-0.05, 0) is 24.4 Å². The average Bonchev–Trinajstić information content (AvgIpc) is 2.74. The van der Waals surface area contributed by atoms with Gasteiger partial charge in [-0.1, -0.05) is 0 Å². The van der Waals surface area contributed by atoms with Crippen molar-refractivity contribution in [1.82, 2.24) is 19.3 Å². The van der Waals surface area contributed by atoms with Gasteiger partial charge in [-0.3, -0.25) is 9.55 Å². The average molecular weight is 266 g/mol. The molecule has 18 heavy (non-hydrogen) atoms. The molecule has 0 saturated carbocycles. The molecule has 2 aromatic rings. The van der Waals surface area contributed by atoms with Gasteiger partial charge in [-0.15, -0.1) is 5.10 Å². The van der Waals surface area contributed by atoms with Gasteiger partial charge in [0.1, 0.15) is 6.73 Å². The lowest BCUT2D eigenvalue weighted by atomic mass is 10.2. The largest absolute Gasteiger partial charge is 0.383 e. The van der Waals surface area contributed by atoms with Gasteiger partial charge in [0.2, 0.25) is 0 Å². The number of hydrogen-bond acceptors (Lipinski definition) is 5. The van der Waals surface area contributed by atoms with E-state index in [4.69, 9.17) is 17.0 Å². The van der Waals surface area contributed by atoms with E-state index in [0.717, 1.165) is 5.56 Å². The van der Waals surface area contributed by atoms with Crippen LogP contribution in [-0.2, 0) is 18.0 Å². The summed E-state index contributed by atoms with van der Waals surface area (Å²) >= 11 is 5.26. The van der Waals surface area contributed by atoms with Crippen molar-refractivity contribution in [2.45, 2.75) is 13.3 Å². The smallest absolute Gasteiger partial charge is 0.200 e. The monoisotopic (exact) mass is 266 g/mol. The molecule has 0 unspecified atom stereocenters. The number of rotatable bonds is 5. The Bertz CT molecular complexity index is 564. The SMILES string of the molecule is COCCn1c(-c2ccncc2)nn(CO)c1=S. The number of nitrogens with zero attached hydrogens (tertiary/aromatic N) is 4. The van der Waals surface area contributed by atoms with Gasteiger partial charge in [0.15, 0.2) is 10.6 Å². The number of ether oxygens (including phenoxy) is 1. The third-order valence-corrected chi connectivity index (χ3v) is 2.95. The fourth-order valence-electron chi connectivity index (χ4n) is 1.63. The molecule has 0 aromatic carbocycles. The third-order valence-electron chi connectivity index (χ3n) is 2.51. The van der Waals surface area contributed by atoms with E-state index < -0.39 is 0 Å². The molecule has 1 N–H and O–H groups in total. The fraction of sp³-hybridized carbons (Fsp3) is 0.364. The summed E-state index contributed by atoms with van der Waals surface area (Å²) in [4.78, 5) is 3.97. The van der Waals surface area contributed by atoms with E-state index in [9.17, 15) is 5.11 Å². The van der Waals surface area contributed by atoms with E-state index in [1.807, 2.05) is 16.7 Å². The Morgan fingerprint density at radius 1 is 1.39 bits per heavy atom. The van der Waals surface area contributed by atoms with Crippen LogP contribution in [0.3, 0.4) is 0 Å². The van der Waals surface area contributed by atoms with Crippen molar-refractivity contribution in [1.29, 1.82) is 0 Å². The molecule has 0 saturated heterocycles. The third kappa shape index (κ3) is 2.47. The van der Waals surface area contributed by atoms with E-state index in [2.05, 4.69) is 10.1 Å². The van der Waals surface area contributed by atoms with Crippen molar-refractivity contribution in [3.63, 3.8) is 0 Å². The van der Waals surface area contributed by atoms with Crippen LogP contribution in [0, 0.1) is 4.77 Å². The summed E-state index contributed by atoms with van der Waals surface area (Å²) in [5.41, 5.74) is 0.902. The highest BCUT2D eigenvalue weighted by atomic mass is 32.1. The van der Waals surface area contributed by atoms with E-state index in [0.29, 0.717) is 23.7 Å². The maximum absolute atomic E-state index is 9.21. The van der Waals surface area contributed by atoms with Crippen molar-refractivity contribution in [2.75, 3.05) is 13.7 Å². The molecule has 0 aliphatic heterocycles. The fourth-order valence-corrected chi connectivity index (χ4v) is 1.91. The van der Waals surface area contributed by atoms with E-state index in [1.54, 1.807) is 19.5 Å². The number of pyridine rings is 1. The first kappa shape index (κ1) is 12.9. The Hall–Kier alpha value is -1.57. The number of hydrogen-bond donors (Lipinski definition) is 1. The Balaban J connectivity index is 2.49. The molecule has 2 heterocycles. The summed E-state index contributed by atoms with van der Waals surface area (Å²) in [6, 6.07) is 3.70. The van der Waals surface area contributed by atoms with Gasteiger partial charge in [-0.2, -0.15) is 0 Å². The second kappa shape index (κ2) is 5.85. The second-order valence-corrected chi connectivity index (χ2v) is 3.99. The zero-order valence-corrected chi connectivity index (χ0v) is 10.8.